The minimum Gasteiger partial charge on any atom is -0.488 e. The monoisotopic (exact) mass is 465 g/mol. The van der Waals surface area contributed by atoms with E-state index in [2.05, 4.69) is 15.9 Å². The molecular weight excluding hydrogens is 450 g/mol. The molecule has 4 nitrogen and oxygen atoms in total. The molecule has 0 aliphatic carbocycles. The van der Waals surface area contributed by atoms with Crippen LogP contribution >= 0.6 is 39.3 Å². The average molecular weight is 467 g/mol. The van der Waals surface area contributed by atoms with Gasteiger partial charge in [-0.3, -0.25) is 14.5 Å². The van der Waals surface area contributed by atoms with Gasteiger partial charge in [0.2, 0.25) is 0 Å². The summed E-state index contributed by atoms with van der Waals surface area (Å²) in [5.74, 6) is 0.355. The molecule has 27 heavy (non-hydrogen) atoms. The lowest BCUT2D eigenvalue weighted by Gasteiger charge is -2.16. The average Bonchev–Trinajstić information content (AvgIpc) is 2.89. The highest BCUT2D eigenvalue weighted by atomic mass is 79.9. The predicted molar refractivity (Wildman–Crippen MR) is 113 cm³/mol. The van der Waals surface area contributed by atoms with Crippen LogP contribution in [0.5, 0.6) is 5.75 Å². The van der Waals surface area contributed by atoms with Gasteiger partial charge in [-0.2, -0.15) is 0 Å². The van der Waals surface area contributed by atoms with Crippen molar-refractivity contribution in [3.8, 4) is 5.75 Å². The van der Waals surface area contributed by atoms with Crippen LogP contribution in [0, 0.1) is 0 Å². The first-order chi connectivity index (χ1) is 12.8. The van der Waals surface area contributed by atoms with Crippen LogP contribution in [0.3, 0.4) is 0 Å². The van der Waals surface area contributed by atoms with Gasteiger partial charge in [-0.15, -0.1) is 0 Å². The van der Waals surface area contributed by atoms with Gasteiger partial charge in [-0.05, 0) is 67.6 Å². The number of thioether (sulfide) groups is 1. The molecule has 0 bridgehead atoms. The van der Waals surface area contributed by atoms with Crippen molar-refractivity contribution in [1.82, 2.24) is 4.90 Å². The fourth-order valence-corrected chi connectivity index (χ4v) is 4.03. The van der Waals surface area contributed by atoms with E-state index in [1.165, 1.54) is 4.90 Å². The number of rotatable bonds is 5. The Hall–Kier alpha value is -1.76. The van der Waals surface area contributed by atoms with Gasteiger partial charge in [-0.1, -0.05) is 39.7 Å². The summed E-state index contributed by atoms with van der Waals surface area (Å²) < 4.78 is 6.79. The first-order valence-electron chi connectivity index (χ1n) is 8.29. The number of benzene rings is 2. The Morgan fingerprint density at radius 2 is 1.89 bits per heavy atom. The maximum absolute atomic E-state index is 12.5. The van der Waals surface area contributed by atoms with Crippen molar-refractivity contribution in [3.05, 3.63) is 68.0 Å². The predicted octanol–water partition coefficient (Wildman–Crippen LogP) is 6.13. The largest absolute Gasteiger partial charge is 0.488 e. The quantitative estimate of drug-likeness (QED) is 0.498. The number of hydrogen-bond donors (Lipinski definition) is 0. The lowest BCUT2D eigenvalue weighted by atomic mass is 10.1. The van der Waals surface area contributed by atoms with Crippen LogP contribution in [0.2, 0.25) is 5.02 Å². The lowest BCUT2D eigenvalue weighted by molar-refractivity contribution is -0.123. The van der Waals surface area contributed by atoms with Crippen molar-refractivity contribution in [1.29, 1.82) is 0 Å². The van der Waals surface area contributed by atoms with Crippen molar-refractivity contribution < 1.29 is 14.3 Å². The third-order valence-electron chi connectivity index (χ3n) is 3.91. The Kier molecular flexibility index (Phi) is 6.29. The first-order valence-corrected chi connectivity index (χ1v) is 10.3. The van der Waals surface area contributed by atoms with E-state index in [1.54, 1.807) is 6.08 Å². The van der Waals surface area contributed by atoms with E-state index in [9.17, 15) is 9.59 Å². The normalized spacial score (nSPS) is 15.9. The number of nitrogens with zero attached hydrogens (tertiary/aromatic N) is 1. The SMILES string of the molecule is CC(C)N1C(=O)S/C(=C\c2cc(Br)ccc2OCc2ccc(Cl)cc2)C1=O. The van der Waals surface area contributed by atoms with Gasteiger partial charge < -0.3 is 4.74 Å². The standard InChI is InChI=1S/C20H17BrClNO3S/c1-12(2)23-19(24)18(27-20(23)25)10-14-9-15(21)5-8-17(14)26-11-13-3-6-16(22)7-4-13/h3-10,12H,11H2,1-2H3/b18-10-. The van der Waals surface area contributed by atoms with E-state index >= 15 is 0 Å². The molecule has 0 N–H and O–H groups in total. The molecule has 140 valence electrons. The number of ether oxygens (including phenoxy) is 1. The molecule has 2 aromatic rings. The summed E-state index contributed by atoms with van der Waals surface area (Å²) in [6.07, 6.45) is 1.70. The summed E-state index contributed by atoms with van der Waals surface area (Å²) in [7, 11) is 0. The van der Waals surface area contributed by atoms with E-state index in [4.69, 9.17) is 16.3 Å². The van der Waals surface area contributed by atoms with Crippen molar-refractivity contribution in [2.24, 2.45) is 0 Å². The van der Waals surface area contributed by atoms with Crippen molar-refractivity contribution >= 4 is 56.5 Å². The maximum atomic E-state index is 12.5. The van der Waals surface area contributed by atoms with E-state index < -0.39 is 0 Å². The summed E-state index contributed by atoms with van der Waals surface area (Å²) in [5, 5.41) is 0.420. The van der Waals surface area contributed by atoms with E-state index in [0.29, 0.717) is 22.3 Å². The van der Waals surface area contributed by atoms with Crippen molar-refractivity contribution in [3.63, 3.8) is 0 Å². The second-order valence-electron chi connectivity index (χ2n) is 6.24. The Bertz CT molecular complexity index is 912. The molecule has 1 aliphatic heterocycles. The lowest BCUT2D eigenvalue weighted by Crippen LogP contribution is -2.34. The summed E-state index contributed by atoms with van der Waals surface area (Å²) in [5.41, 5.74) is 1.71. The van der Waals surface area contributed by atoms with Gasteiger partial charge in [-0.25, -0.2) is 0 Å². The number of imide groups is 1. The smallest absolute Gasteiger partial charge is 0.293 e. The third-order valence-corrected chi connectivity index (χ3v) is 5.53. The third kappa shape index (κ3) is 4.75. The molecule has 0 atom stereocenters. The second-order valence-corrected chi connectivity index (χ2v) is 8.59. The van der Waals surface area contributed by atoms with Gasteiger partial charge in [0, 0.05) is 21.1 Å². The van der Waals surface area contributed by atoms with Crippen LogP contribution in [-0.2, 0) is 11.4 Å². The number of halogens is 2. The Labute approximate surface area is 175 Å². The van der Waals surface area contributed by atoms with Crippen molar-refractivity contribution in [2.45, 2.75) is 26.5 Å². The van der Waals surface area contributed by atoms with Gasteiger partial charge in [0.1, 0.15) is 12.4 Å². The van der Waals surface area contributed by atoms with E-state index in [-0.39, 0.29) is 17.2 Å². The van der Waals surface area contributed by atoms with Crippen molar-refractivity contribution in [2.75, 3.05) is 0 Å². The Morgan fingerprint density at radius 3 is 2.52 bits per heavy atom. The fourth-order valence-electron chi connectivity index (χ4n) is 2.57. The summed E-state index contributed by atoms with van der Waals surface area (Å²) in [6.45, 7) is 4.01. The molecule has 7 heteroatoms. The van der Waals surface area contributed by atoms with Crippen LogP contribution in [0.1, 0.15) is 25.0 Å². The van der Waals surface area contributed by atoms with Crippen LogP contribution < -0.4 is 4.74 Å². The zero-order valence-corrected chi connectivity index (χ0v) is 17.9. The molecule has 1 aliphatic rings. The minimum absolute atomic E-state index is 0.175. The molecule has 0 radical (unpaired) electrons. The van der Waals surface area contributed by atoms with Crippen LogP contribution in [0.25, 0.3) is 6.08 Å². The van der Waals surface area contributed by atoms with Gasteiger partial charge in [0.25, 0.3) is 11.1 Å². The topological polar surface area (TPSA) is 46.6 Å². The summed E-state index contributed by atoms with van der Waals surface area (Å²) in [6, 6.07) is 12.8. The Morgan fingerprint density at radius 1 is 1.19 bits per heavy atom. The molecule has 3 rings (SSSR count). The Balaban J connectivity index is 1.85. The molecule has 0 aromatic heterocycles. The molecule has 1 heterocycles. The highest BCUT2D eigenvalue weighted by Crippen LogP contribution is 2.36. The molecule has 0 saturated carbocycles. The molecule has 1 fully saturated rings. The van der Waals surface area contributed by atoms with Gasteiger partial charge >= 0.3 is 0 Å². The zero-order chi connectivity index (χ0) is 19.6. The van der Waals surface area contributed by atoms with Gasteiger partial charge in [0.05, 0.1) is 4.91 Å². The molecule has 2 aromatic carbocycles. The van der Waals surface area contributed by atoms with Crippen LogP contribution in [0.15, 0.2) is 51.8 Å². The first kappa shape index (κ1) is 20.0. The van der Waals surface area contributed by atoms with Gasteiger partial charge in [0.15, 0.2) is 0 Å². The second kappa shape index (κ2) is 8.50. The highest BCUT2D eigenvalue weighted by molar-refractivity contribution is 9.10. The summed E-state index contributed by atoms with van der Waals surface area (Å²) in [4.78, 5) is 26.3. The number of amides is 2. The van der Waals surface area contributed by atoms with Crippen LogP contribution in [0.4, 0.5) is 4.79 Å². The fraction of sp³-hybridized carbons (Fsp3) is 0.200. The molecule has 0 spiro atoms. The minimum atomic E-state index is -0.274. The summed E-state index contributed by atoms with van der Waals surface area (Å²) >= 11 is 10.3. The molecular formula is C20H17BrClNO3S. The maximum Gasteiger partial charge on any atom is 0.293 e. The highest BCUT2D eigenvalue weighted by Gasteiger charge is 2.36. The number of hydrogen-bond acceptors (Lipinski definition) is 4. The molecule has 0 unspecified atom stereocenters. The number of carbonyl (C=O) groups is 2. The number of carbonyl (C=O) groups excluding carboxylic acids is 2. The molecule has 2 amide bonds. The zero-order valence-electron chi connectivity index (χ0n) is 14.7. The van der Waals surface area contributed by atoms with E-state index in [0.717, 1.165) is 27.4 Å². The van der Waals surface area contributed by atoms with E-state index in [1.807, 2.05) is 56.3 Å². The van der Waals surface area contributed by atoms with Crippen LogP contribution in [-0.4, -0.2) is 22.1 Å². The molecule has 1 saturated heterocycles.